The fraction of sp³-hybridized carbons (Fsp3) is 0.600. The molecule has 0 unspecified atom stereocenters. The monoisotopic (exact) mass is 852 g/mol. The van der Waals surface area contributed by atoms with Crippen molar-refractivity contribution >= 4 is 57.7 Å². The number of hydrazine groups is 2. The highest BCUT2D eigenvalue weighted by Gasteiger charge is 2.48. The van der Waals surface area contributed by atoms with Crippen LogP contribution in [0.4, 0.5) is 0 Å². The molecule has 0 spiro atoms. The van der Waals surface area contributed by atoms with Gasteiger partial charge in [0.05, 0.1) is 13.2 Å². The molecule has 2 aromatic rings. The minimum absolute atomic E-state index is 0. The number of carbonyl (C=O) groups excluding carboxylic acids is 4. The topological polar surface area (TPSA) is 117 Å². The Kier molecular flexibility index (Phi) is 21.6. The smallest absolute Gasteiger partial charge is 0.324 e. The summed E-state index contributed by atoms with van der Waals surface area (Å²) in [4.78, 5) is 50.4. The number of benzene rings is 2. The fourth-order valence-electron chi connectivity index (χ4n) is 7.08. The standard InChI is InChI=1S/C18H24N2O2.C18H26O4.C4H10N2.2BrH/c1-4-13-10-12(3)11-14(5-2)15(13)16-17(21)19-8-6-7-9-20(19)18(16)22;1-6-13-10-12(5)11-14(7-2)15(13)16(17(19)21-8-3)18(20)22-9-4;1-2-4-6-5-3-1;;/h10-11,16H,4-9H2,1-3H3;10-11,16H,6-9H2,1-5H3;5-6H,1-4H2;2*1H. The lowest BCUT2D eigenvalue weighted by atomic mass is 9.85. The Labute approximate surface area is 332 Å². The molecular weight excluding hydrogens is 792 g/mol. The van der Waals surface area contributed by atoms with Crippen LogP contribution >= 0.6 is 34.0 Å². The second kappa shape index (κ2) is 23.8. The summed E-state index contributed by atoms with van der Waals surface area (Å²) < 4.78 is 10.2. The Hall–Kier alpha value is -2.80. The van der Waals surface area contributed by atoms with Gasteiger partial charge in [-0.1, -0.05) is 63.1 Å². The lowest BCUT2D eigenvalue weighted by molar-refractivity contribution is -0.157. The van der Waals surface area contributed by atoms with Crippen molar-refractivity contribution in [3.05, 3.63) is 68.8 Å². The normalized spacial score (nSPS) is 15.3. The molecular formula is C40H62Br2N4O6. The highest BCUT2D eigenvalue weighted by atomic mass is 79.9. The van der Waals surface area contributed by atoms with Crippen LogP contribution in [-0.4, -0.2) is 73.2 Å². The van der Waals surface area contributed by atoms with E-state index in [4.69, 9.17) is 9.47 Å². The molecule has 2 N–H and O–H groups in total. The van der Waals surface area contributed by atoms with Gasteiger partial charge in [0, 0.05) is 26.2 Å². The number of rotatable bonds is 10. The molecule has 3 fully saturated rings. The van der Waals surface area contributed by atoms with Crippen LogP contribution < -0.4 is 10.9 Å². The van der Waals surface area contributed by atoms with Gasteiger partial charge in [0.1, 0.15) is 5.92 Å². The second-order valence-corrected chi connectivity index (χ2v) is 13.0. The Balaban J connectivity index is 0.000000433. The number of halogens is 2. The predicted molar refractivity (Wildman–Crippen MR) is 217 cm³/mol. The molecule has 12 heteroatoms. The first-order chi connectivity index (χ1) is 24.1. The maximum atomic E-state index is 12.8. The van der Waals surface area contributed by atoms with Gasteiger partial charge in [0.2, 0.25) is 0 Å². The Bertz CT molecular complexity index is 1320. The first-order valence-electron chi connectivity index (χ1n) is 18.7. The van der Waals surface area contributed by atoms with Gasteiger partial charge in [-0.3, -0.25) is 40.0 Å². The van der Waals surface area contributed by atoms with Crippen molar-refractivity contribution < 1.29 is 28.7 Å². The number of esters is 2. The Morgan fingerprint density at radius 2 is 1.02 bits per heavy atom. The summed E-state index contributed by atoms with van der Waals surface area (Å²) in [6.45, 7) is 19.9. The van der Waals surface area contributed by atoms with E-state index < -0.39 is 23.8 Å². The van der Waals surface area contributed by atoms with Crippen molar-refractivity contribution in [3.63, 3.8) is 0 Å². The van der Waals surface area contributed by atoms with Crippen molar-refractivity contribution in [1.82, 2.24) is 20.9 Å². The summed E-state index contributed by atoms with van der Waals surface area (Å²) in [6.07, 6.45) is 7.82. The average Bonchev–Trinajstić information content (AvgIpc) is 3.38. The number of amides is 2. The van der Waals surface area contributed by atoms with E-state index in [1.165, 1.54) is 18.4 Å². The number of fused-ring (bicyclic) bond motifs is 1. The van der Waals surface area contributed by atoms with Crippen molar-refractivity contribution in [2.24, 2.45) is 0 Å². The van der Waals surface area contributed by atoms with Crippen LogP contribution in [0.1, 0.15) is 124 Å². The molecule has 10 nitrogen and oxygen atoms in total. The van der Waals surface area contributed by atoms with Gasteiger partial charge in [-0.25, -0.2) is 0 Å². The number of hydrogen-bond donors (Lipinski definition) is 2. The van der Waals surface area contributed by atoms with Gasteiger partial charge < -0.3 is 9.47 Å². The first-order valence-corrected chi connectivity index (χ1v) is 18.7. The summed E-state index contributed by atoms with van der Waals surface area (Å²) >= 11 is 0. The second-order valence-electron chi connectivity index (χ2n) is 13.0. The molecule has 52 heavy (non-hydrogen) atoms. The molecule has 0 aliphatic carbocycles. The van der Waals surface area contributed by atoms with Gasteiger partial charge in [0.15, 0.2) is 5.92 Å². The third-order valence-electron chi connectivity index (χ3n) is 9.40. The maximum Gasteiger partial charge on any atom is 0.324 e. The van der Waals surface area contributed by atoms with E-state index in [2.05, 4.69) is 43.8 Å². The fourth-order valence-corrected chi connectivity index (χ4v) is 7.08. The van der Waals surface area contributed by atoms with Crippen molar-refractivity contribution in [3.8, 4) is 0 Å². The zero-order chi connectivity index (χ0) is 36.8. The van der Waals surface area contributed by atoms with E-state index >= 15 is 0 Å². The lowest BCUT2D eigenvalue weighted by Gasteiger charge is -2.31. The van der Waals surface area contributed by atoms with Gasteiger partial charge in [0.25, 0.3) is 11.8 Å². The summed E-state index contributed by atoms with van der Waals surface area (Å²) in [5.74, 6) is -2.74. The number of nitrogens with one attached hydrogen (secondary N) is 2. The van der Waals surface area contributed by atoms with Crippen LogP contribution in [0.15, 0.2) is 24.3 Å². The number of aryl methyl sites for hydroxylation is 6. The summed E-state index contributed by atoms with van der Waals surface area (Å²) in [7, 11) is 0. The summed E-state index contributed by atoms with van der Waals surface area (Å²) in [6, 6.07) is 8.31. The predicted octanol–water partition coefficient (Wildman–Crippen LogP) is 6.94. The summed E-state index contributed by atoms with van der Waals surface area (Å²) in [5, 5.41) is 3.35. The van der Waals surface area contributed by atoms with E-state index in [1.54, 1.807) is 23.9 Å². The molecule has 3 saturated heterocycles. The van der Waals surface area contributed by atoms with E-state index in [1.807, 2.05) is 32.9 Å². The third-order valence-corrected chi connectivity index (χ3v) is 9.40. The molecule has 3 aliphatic rings. The van der Waals surface area contributed by atoms with Crippen LogP contribution in [0.5, 0.6) is 0 Å². The average molecular weight is 855 g/mol. The molecule has 0 aromatic heterocycles. The van der Waals surface area contributed by atoms with Crippen LogP contribution in [0.25, 0.3) is 0 Å². The van der Waals surface area contributed by atoms with Gasteiger partial charge in [-0.15, -0.1) is 34.0 Å². The highest BCUT2D eigenvalue weighted by Crippen LogP contribution is 2.36. The molecule has 0 radical (unpaired) electrons. The van der Waals surface area contributed by atoms with Gasteiger partial charge in [-0.2, -0.15) is 0 Å². The van der Waals surface area contributed by atoms with Crippen molar-refractivity contribution in [2.45, 2.75) is 119 Å². The van der Waals surface area contributed by atoms with Gasteiger partial charge in [-0.05, 0) is 112 Å². The molecule has 3 heterocycles. The largest absolute Gasteiger partial charge is 0.465 e. The zero-order valence-electron chi connectivity index (χ0n) is 32.5. The van der Waals surface area contributed by atoms with Crippen LogP contribution in [0.2, 0.25) is 0 Å². The molecule has 292 valence electrons. The number of carbonyl (C=O) groups is 4. The third kappa shape index (κ3) is 11.9. The van der Waals surface area contributed by atoms with E-state index in [0.29, 0.717) is 13.1 Å². The summed E-state index contributed by atoms with van der Waals surface area (Å²) in [5.41, 5.74) is 14.4. The minimum Gasteiger partial charge on any atom is -0.465 e. The molecule has 0 atom stereocenters. The molecule has 5 rings (SSSR count). The molecule has 2 amide bonds. The molecule has 3 aliphatic heterocycles. The Morgan fingerprint density at radius 3 is 1.33 bits per heavy atom. The Morgan fingerprint density at radius 1 is 0.654 bits per heavy atom. The van der Waals surface area contributed by atoms with Crippen LogP contribution in [-0.2, 0) is 54.3 Å². The maximum absolute atomic E-state index is 12.8. The van der Waals surface area contributed by atoms with E-state index in [-0.39, 0.29) is 59.0 Å². The number of ether oxygens (including phenoxy) is 2. The SMILES string of the molecule is Br.Br.C1CCNNC1.CCOC(=O)C(C(=O)OCC)c1c(CC)cc(C)cc1CC.CCc1cc(C)cc(CC)c1C1C(=O)N2CCCCN2C1=O. The van der Waals surface area contributed by atoms with Crippen LogP contribution in [0.3, 0.4) is 0 Å². The minimum atomic E-state index is -0.995. The van der Waals surface area contributed by atoms with Gasteiger partial charge >= 0.3 is 11.9 Å². The zero-order valence-corrected chi connectivity index (χ0v) is 36.0. The lowest BCUT2D eigenvalue weighted by Crippen LogP contribution is -2.45. The molecule has 0 bridgehead atoms. The molecule has 2 aromatic carbocycles. The van der Waals surface area contributed by atoms with E-state index in [9.17, 15) is 19.2 Å². The van der Waals surface area contributed by atoms with Crippen LogP contribution in [0, 0.1) is 13.8 Å². The van der Waals surface area contributed by atoms with Crippen molar-refractivity contribution in [1.29, 1.82) is 0 Å². The van der Waals surface area contributed by atoms with Crippen molar-refractivity contribution in [2.75, 3.05) is 39.4 Å². The highest BCUT2D eigenvalue weighted by molar-refractivity contribution is 8.93. The quantitative estimate of drug-likeness (QED) is 0.195. The number of nitrogens with zero attached hydrogens (tertiary/aromatic N) is 2. The number of hydrogen-bond acceptors (Lipinski definition) is 8. The first kappa shape index (κ1) is 47.2. The van der Waals surface area contributed by atoms with E-state index in [0.717, 1.165) is 90.6 Å². The molecule has 0 saturated carbocycles.